The molecule has 1 aliphatic carbocycles. The van der Waals surface area contributed by atoms with E-state index in [-0.39, 0.29) is 12.3 Å². The van der Waals surface area contributed by atoms with Crippen molar-refractivity contribution in [2.24, 2.45) is 11.3 Å². The first kappa shape index (κ1) is 17.0. The van der Waals surface area contributed by atoms with Crippen LogP contribution in [0.5, 0.6) is 0 Å². The molecule has 0 radical (unpaired) electrons. The Hall–Kier alpha value is -1.06. The van der Waals surface area contributed by atoms with E-state index in [4.69, 9.17) is 0 Å². The van der Waals surface area contributed by atoms with Crippen molar-refractivity contribution in [3.63, 3.8) is 0 Å². The summed E-state index contributed by atoms with van der Waals surface area (Å²) < 4.78 is 0. The largest absolute Gasteiger partial charge is 0.481 e. The van der Waals surface area contributed by atoms with Gasteiger partial charge < -0.3 is 10.0 Å². The molecule has 0 unspecified atom stereocenters. The van der Waals surface area contributed by atoms with E-state index < -0.39 is 11.4 Å². The van der Waals surface area contributed by atoms with Crippen LogP contribution < -0.4 is 0 Å². The number of aliphatic carboxylic acids is 1. The number of hydrogen-bond donors (Lipinski definition) is 1. The Kier molecular flexibility index (Phi) is 6.50. The fraction of sp³-hybridized carbons (Fsp3) is 0.875. The molecule has 0 bridgehead atoms. The molecule has 0 aromatic rings. The standard InChI is InChI=1S/C16H29NO3/c1-4-16(5-2,15(19)20)11-14(18)17(3)12-13-9-7-6-8-10-13/h13H,4-12H2,1-3H3,(H,19,20). The van der Waals surface area contributed by atoms with Crippen LogP contribution in [-0.4, -0.2) is 35.5 Å². The lowest BCUT2D eigenvalue weighted by Gasteiger charge is -2.31. The third kappa shape index (κ3) is 4.22. The highest BCUT2D eigenvalue weighted by molar-refractivity contribution is 5.84. The summed E-state index contributed by atoms with van der Waals surface area (Å²) in [6.07, 6.45) is 7.35. The minimum Gasteiger partial charge on any atom is -0.481 e. The number of hydrogen-bond acceptors (Lipinski definition) is 2. The molecule has 4 nitrogen and oxygen atoms in total. The van der Waals surface area contributed by atoms with E-state index in [1.165, 1.54) is 32.1 Å². The third-order valence-electron chi connectivity index (χ3n) is 4.98. The molecule has 0 spiro atoms. The Balaban J connectivity index is 2.57. The van der Waals surface area contributed by atoms with E-state index in [2.05, 4.69) is 0 Å². The topological polar surface area (TPSA) is 57.6 Å². The van der Waals surface area contributed by atoms with Gasteiger partial charge in [0.15, 0.2) is 0 Å². The first-order valence-corrected chi connectivity index (χ1v) is 7.92. The minimum atomic E-state index is -0.891. The molecule has 4 heteroatoms. The highest BCUT2D eigenvalue weighted by Gasteiger charge is 2.38. The van der Waals surface area contributed by atoms with E-state index in [9.17, 15) is 14.7 Å². The van der Waals surface area contributed by atoms with Gasteiger partial charge in [-0.3, -0.25) is 9.59 Å². The number of nitrogens with zero attached hydrogens (tertiary/aromatic N) is 1. The molecule has 0 atom stereocenters. The van der Waals surface area contributed by atoms with Crippen LogP contribution in [0.25, 0.3) is 0 Å². The van der Waals surface area contributed by atoms with E-state index in [1.54, 1.807) is 4.90 Å². The first-order chi connectivity index (χ1) is 9.45. The predicted octanol–water partition coefficient (Wildman–Crippen LogP) is 3.31. The van der Waals surface area contributed by atoms with Crippen molar-refractivity contribution in [2.45, 2.75) is 65.2 Å². The predicted molar refractivity (Wildman–Crippen MR) is 79.5 cm³/mol. The third-order valence-corrected chi connectivity index (χ3v) is 4.98. The van der Waals surface area contributed by atoms with Gasteiger partial charge >= 0.3 is 5.97 Å². The number of carboxylic acid groups (broad SMARTS) is 1. The second-order valence-electron chi connectivity index (χ2n) is 6.25. The number of carbonyl (C=O) groups excluding carboxylic acids is 1. The van der Waals surface area contributed by atoms with Gasteiger partial charge in [0.1, 0.15) is 0 Å². The molecule has 0 aliphatic heterocycles. The van der Waals surface area contributed by atoms with Gasteiger partial charge in [0.05, 0.1) is 5.41 Å². The van der Waals surface area contributed by atoms with Gasteiger partial charge in [-0.1, -0.05) is 33.1 Å². The SMILES string of the molecule is CCC(CC)(CC(=O)N(C)CC1CCCCC1)C(=O)O. The van der Waals surface area contributed by atoms with E-state index in [1.807, 2.05) is 20.9 Å². The number of carbonyl (C=O) groups is 2. The van der Waals surface area contributed by atoms with Crippen LogP contribution in [-0.2, 0) is 9.59 Å². The smallest absolute Gasteiger partial charge is 0.310 e. The van der Waals surface area contributed by atoms with Gasteiger partial charge in [-0.2, -0.15) is 0 Å². The average molecular weight is 283 g/mol. The number of rotatable bonds is 7. The van der Waals surface area contributed by atoms with E-state index in [0.29, 0.717) is 18.8 Å². The van der Waals surface area contributed by atoms with Crippen LogP contribution in [0.15, 0.2) is 0 Å². The lowest BCUT2D eigenvalue weighted by Crippen LogP contribution is -2.39. The molecule has 1 saturated carbocycles. The molecule has 1 amide bonds. The second kappa shape index (κ2) is 7.65. The normalized spacial score (nSPS) is 16.9. The van der Waals surface area contributed by atoms with Crippen molar-refractivity contribution in [2.75, 3.05) is 13.6 Å². The monoisotopic (exact) mass is 283 g/mol. The summed E-state index contributed by atoms with van der Waals surface area (Å²) in [5, 5.41) is 9.41. The van der Waals surface area contributed by atoms with Crippen molar-refractivity contribution in [3.05, 3.63) is 0 Å². The molecule has 1 rings (SSSR count). The quantitative estimate of drug-likeness (QED) is 0.780. The minimum absolute atomic E-state index is 0.0262. The summed E-state index contributed by atoms with van der Waals surface area (Å²) in [5.74, 6) is -0.274. The molecule has 0 heterocycles. The van der Waals surface area contributed by atoms with Crippen LogP contribution in [0.3, 0.4) is 0 Å². The fourth-order valence-electron chi connectivity index (χ4n) is 3.16. The highest BCUT2D eigenvalue weighted by Crippen LogP contribution is 2.32. The zero-order valence-electron chi connectivity index (χ0n) is 13.2. The summed E-state index contributed by atoms with van der Waals surface area (Å²) in [4.78, 5) is 25.5. The summed E-state index contributed by atoms with van der Waals surface area (Å²) >= 11 is 0. The molecule has 1 fully saturated rings. The molecular formula is C16H29NO3. The summed E-state index contributed by atoms with van der Waals surface area (Å²) in [6.45, 7) is 4.49. The van der Waals surface area contributed by atoms with Gasteiger partial charge in [0.2, 0.25) is 5.91 Å². The molecule has 1 N–H and O–H groups in total. The van der Waals surface area contributed by atoms with Gasteiger partial charge in [-0.25, -0.2) is 0 Å². The van der Waals surface area contributed by atoms with Crippen LogP contribution in [0.1, 0.15) is 65.2 Å². The lowest BCUT2D eigenvalue weighted by molar-refractivity contribution is -0.154. The number of carboxylic acids is 1. The molecule has 116 valence electrons. The second-order valence-corrected chi connectivity index (χ2v) is 6.25. The van der Waals surface area contributed by atoms with Crippen molar-refractivity contribution >= 4 is 11.9 Å². The van der Waals surface area contributed by atoms with Gasteiger partial charge in [-0.15, -0.1) is 0 Å². The Morgan fingerprint density at radius 1 is 1.15 bits per heavy atom. The maximum absolute atomic E-state index is 12.3. The average Bonchev–Trinajstić information content (AvgIpc) is 2.45. The maximum atomic E-state index is 12.3. The van der Waals surface area contributed by atoms with E-state index in [0.717, 1.165) is 6.54 Å². The van der Waals surface area contributed by atoms with Crippen LogP contribution in [0.2, 0.25) is 0 Å². The Morgan fingerprint density at radius 2 is 1.70 bits per heavy atom. The molecule has 20 heavy (non-hydrogen) atoms. The molecule has 1 aliphatic rings. The van der Waals surface area contributed by atoms with E-state index >= 15 is 0 Å². The van der Waals surface area contributed by atoms with Crippen molar-refractivity contribution in [1.82, 2.24) is 4.90 Å². The molecule has 0 saturated heterocycles. The van der Waals surface area contributed by atoms with Gasteiger partial charge in [0, 0.05) is 20.0 Å². The Bertz CT molecular complexity index is 331. The maximum Gasteiger partial charge on any atom is 0.310 e. The lowest BCUT2D eigenvalue weighted by atomic mass is 9.79. The van der Waals surface area contributed by atoms with Crippen LogP contribution in [0, 0.1) is 11.3 Å². The zero-order valence-corrected chi connectivity index (χ0v) is 13.2. The number of amides is 1. The van der Waals surface area contributed by atoms with Gasteiger partial charge in [-0.05, 0) is 31.6 Å². The fourth-order valence-corrected chi connectivity index (χ4v) is 3.16. The van der Waals surface area contributed by atoms with Crippen LogP contribution >= 0.6 is 0 Å². The highest BCUT2D eigenvalue weighted by atomic mass is 16.4. The van der Waals surface area contributed by atoms with Gasteiger partial charge in [0.25, 0.3) is 0 Å². The van der Waals surface area contributed by atoms with Crippen molar-refractivity contribution in [1.29, 1.82) is 0 Å². The molecule has 0 aromatic heterocycles. The Morgan fingerprint density at radius 3 is 2.15 bits per heavy atom. The Labute approximate surface area is 122 Å². The molecule has 0 aromatic carbocycles. The first-order valence-electron chi connectivity index (χ1n) is 7.92. The summed E-state index contributed by atoms with van der Waals surface area (Å²) in [5.41, 5.74) is -0.891. The van der Waals surface area contributed by atoms with Crippen molar-refractivity contribution in [3.8, 4) is 0 Å². The zero-order chi connectivity index (χ0) is 15.2. The van der Waals surface area contributed by atoms with Crippen molar-refractivity contribution < 1.29 is 14.7 Å². The molecular weight excluding hydrogens is 254 g/mol. The van der Waals surface area contributed by atoms with Crippen LogP contribution in [0.4, 0.5) is 0 Å². The summed E-state index contributed by atoms with van der Waals surface area (Å²) in [6, 6.07) is 0. The summed E-state index contributed by atoms with van der Waals surface area (Å²) in [7, 11) is 1.81.